The number of anilines is 1. The molecule has 0 unspecified atom stereocenters. The number of rotatable bonds is 6. The molecule has 1 N–H and O–H groups in total. The van der Waals surface area contributed by atoms with Crippen molar-refractivity contribution in [3.05, 3.63) is 75.8 Å². The molecule has 1 fully saturated rings. The molecule has 0 atom stereocenters. The highest BCUT2D eigenvalue weighted by Crippen LogP contribution is 2.31. The molecule has 0 saturated carbocycles. The number of benzene rings is 1. The average Bonchev–Trinajstić information content (AvgIpc) is 3.33. The van der Waals surface area contributed by atoms with E-state index in [1.165, 1.54) is 10.4 Å². The van der Waals surface area contributed by atoms with E-state index in [2.05, 4.69) is 10.3 Å². The summed E-state index contributed by atoms with van der Waals surface area (Å²) in [4.78, 5) is 18.6. The van der Waals surface area contributed by atoms with Gasteiger partial charge < -0.3 is 10.2 Å². The van der Waals surface area contributed by atoms with Crippen molar-refractivity contribution in [3.63, 3.8) is 0 Å². The minimum atomic E-state index is -4.48. The first-order chi connectivity index (χ1) is 16.5. The van der Waals surface area contributed by atoms with Gasteiger partial charge in [0.2, 0.25) is 0 Å². The Hall–Kier alpha value is -2.67. The fourth-order valence-corrected chi connectivity index (χ4v) is 6.51. The summed E-state index contributed by atoms with van der Waals surface area (Å²) in [6.07, 6.45) is -3.38. The summed E-state index contributed by atoms with van der Waals surface area (Å²) >= 11 is 6.88. The minimum Gasteiger partial charge on any atom is -0.354 e. The zero-order valence-corrected chi connectivity index (χ0v) is 20.5. The van der Waals surface area contributed by atoms with Crippen LogP contribution in [0.25, 0.3) is 0 Å². The number of carbonyl (C=O) groups is 1. The van der Waals surface area contributed by atoms with Gasteiger partial charge in [0.1, 0.15) is 10.0 Å². The maximum atomic E-state index is 13.1. The monoisotopic (exact) mass is 544 g/mol. The normalized spacial score (nSPS) is 15.3. The summed E-state index contributed by atoms with van der Waals surface area (Å²) in [7, 11) is -3.78. The van der Waals surface area contributed by atoms with Gasteiger partial charge in [0, 0.05) is 47.8 Å². The van der Waals surface area contributed by atoms with E-state index in [1.807, 2.05) is 0 Å². The van der Waals surface area contributed by atoms with Gasteiger partial charge in [-0.25, -0.2) is 13.4 Å². The van der Waals surface area contributed by atoms with Crippen molar-refractivity contribution in [3.8, 4) is 0 Å². The topological polar surface area (TPSA) is 82.6 Å². The summed E-state index contributed by atoms with van der Waals surface area (Å²) < 4.78 is 66.5. The van der Waals surface area contributed by atoms with Crippen LogP contribution in [-0.2, 0) is 22.7 Å². The molecule has 0 spiro atoms. The third-order valence-corrected chi connectivity index (χ3v) is 9.10. The number of hydrogen-bond donors (Lipinski definition) is 1. The summed E-state index contributed by atoms with van der Waals surface area (Å²) in [6.45, 7) is 0.810. The lowest BCUT2D eigenvalue weighted by Gasteiger charge is -2.34. The Balaban J connectivity index is 1.36. The van der Waals surface area contributed by atoms with E-state index in [1.54, 1.807) is 35.2 Å². The van der Waals surface area contributed by atoms with Crippen LogP contribution in [0.1, 0.15) is 20.8 Å². The Bertz CT molecular complexity index is 1310. The van der Waals surface area contributed by atoms with E-state index in [-0.39, 0.29) is 48.7 Å². The van der Waals surface area contributed by atoms with Crippen LogP contribution in [0.2, 0.25) is 5.02 Å². The number of nitrogens with zero attached hydrogens (tertiary/aromatic N) is 3. The van der Waals surface area contributed by atoms with Gasteiger partial charge in [-0.1, -0.05) is 11.6 Å². The maximum absolute atomic E-state index is 13.1. The first kappa shape index (κ1) is 25.4. The molecule has 3 heterocycles. The fourth-order valence-electron chi connectivity index (χ4n) is 3.52. The van der Waals surface area contributed by atoms with Crippen molar-refractivity contribution in [1.29, 1.82) is 0 Å². The van der Waals surface area contributed by atoms with Crippen LogP contribution in [0.4, 0.5) is 19.0 Å². The van der Waals surface area contributed by atoms with Crippen LogP contribution in [0.5, 0.6) is 0 Å². The number of piperazine rings is 1. The summed E-state index contributed by atoms with van der Waals surface area (Å²) in [5.41, 5.74) is -0.362. The Morgan fingerprint density at radius 3 is 2.40 bits per heavy atom. The van der Waals surface area contributed by atoms with Gasteiger partial charge in [0.05, 0.1) is 12.1 Å². The molecule has 1 aliphatic rings. The van der Waals surface area contributed by atoms with Crippen molar-refractivity contribution in [1.82, 2.24) is 14.6 Å². The number of alkyl halides is 3. The van der Waals surface area contributed by atoms with Crippen molar-refractivity contribution in [2.75, 3.05) is 31.1 Å². The molecule has 0 bridgehead atoms. The summed E-state index contributed by atoms with van der Waals surface area (Å²) in [5.74, 6) is -0.148. The molecule has 2 aromatic heterocycles. The molecule has 1 saturated heterocycles. The Morgan fingerprint density at radius 1 is 1.06 bits per heavy atom. The molecule has 0 aliphatic carbocycles. The third kappa shape index (κ3) is 5.95. The van der Waals surface area contributed by atoms with Crippen molar-refractivity contribution >= 4 is 44.7 Å². The molecule has 0 radical (unpaired) electrons. The molecular weight excluding hydrogens is 525 g/mol. The first-order valence-electron chi connectivity index (χ1n) is 10.4. The maximum Gasteiger partial charge on any atom is 0.416 e. The second-order valence-electron chi connectivity index (χ2n) is 7.70. The van der Waals surface area contributed by atoms with Gasteiger partial charge in [-0.15, -0.1) is 11.3 Å². The predicted molar refractivity (Wildman–Crippen MR) is 127 cm³/mol. The molecule has 13 heteroatoms. The number of sulfonamides is 1. The van der Waals surface area contributed by atoms with E-state index in [9.17, 15) is 26.4 Å². The SMILES string of the molecule is O=C(NCc1ccc(S(=O)(=O)N2CCN(c3cc(C(F)(F)F)ccn3)CC2)s1)c1ccc(Cl)cc1. The molecule has 4 rings (SSSR count). The number of aromatic nitrogens is 1. The van der Waals surface area contributed by atoms with Crippen LogP contribution in [0, 0.1) is 0 Å². The lowest BCUT2D eigenvalue weighted by atomic mass is 10.2. The van der Waals surface area contributed by atoms with E-state index in [0.29, 0.717) is 15.5 Å². The lowest BCUT2D eigenvalue weighted by molar-refractivity contribution is -0.137. The number of pyridine rings is 1. The Kier molecular flexibility index (Phi) is 7.36. The summed E-state index contributed by atoms with van der Waals surface area (Å²) in [6, 6.07) is 11.4. The molecule has 186 valence electrons. The molecular formula is C22H20ClF3N4O3S2. The molecule has 3 aromatic rings. The number of nitrogens with one attached hydrogen (secondary N) is 1. The van der Waals surface area contributed by atoms with E-state index in [0.717, 1.165) is 29.7 Å². The van der Waals surface area contributed by atoms with Crippen molar-refractivity contribution < 1.29 is 26.4 Å². The van der Waals surface area contributed by atoms with Gasteiger partial charge in [-0.05, 0) is 48.5 Å². The summed E-state index contributed by atoms with van der Waals surface area (Å²) in [5, 5.41) is 3.26. The molecule has 1 aromatic carbocycles. The Labute approximate surface area is 209 Å². The van der Waals surface area contributed by atoms with Crippen molar-refractivity contribution in [2.24, 2.45) is 0 Å². The van der Waals surface area contributed by atoms with Crippen LogP contribution >= 0.6 is 22.9 Å². The van der Waals surface area contributed by atoms with Gasteiger partial charge in [0.15, 0.2) is 0 Å². The van der Waals surface area contributed by atoms with Crippen LogP contribution in [0.15, 0.2) is 58.9 Å². The molecule has 1 amide bonds. The largest absolute Gasteiger partial charge is 0.416 e. The van der Waals surface area contributed by atoms with Gasteiger partial charge in [0.25, 0.3) is 15.9 Å². The number of halogens is 4. The van der Waals surface area contributed by atoms with Crippen LogP contribution < -0.4 is 10.2 Å². The standard InChI is InChI=1S/C22H20ClF3N4O3S2/c23-17-3-1-15(2-4-17)21(31)28-14-18-5-6-20(34-18)35(32,33)30-11-9-29(10-12-30)19-13-16(7-8-27-19)22(24,25)26/h1-8,13H,9-12,14H2,(H,28,31). The highest BCUT2D eigenvalue weighted by atomic mass is 35.5. The van der Waals surface area contributed by atoms with Crippen molar-refractivity contribution in [2.45, 2.75) is 16.9 Å². The fraction of sp³-hybridized carbons (Fsp3) is 0.273. The van der Waals surface area contributed by atoms with Gasteiger partial charge >= 0.3 is 6.18 Å². The minimum absolute atomic E-state index is 0.112. The van der Waals surface area contributed by atoms with E-state index >= 15 is 0 Å². The zero-order valence-electron chi connectivity index (χ0n) is 18.1. The highest BCUT2D eigenvalue weighted by molar-refractivity contribution is 7.91. The van der Waals surface area contributed by atoms with E-state index in [4.69, 9.17) is 11.6 Å². The quantitative estimate of drug-likeness (QED) is 0.501. The number of thiophene rings is 1. The van der Waals surface area contributed by atoms with Gasteiger partial charge in [-0.3, -0.25) is 4.79 Å². The Morgan fingerprint density at radius 2 is 1.74 bits per heavy atom. The zero-order chi connectivity index (χ0) is 25.2. The number of hydrogen-bond acceptors (Lipinski definition) is 6. The van der Waals surface area contributed by atoms with Gasteiger partial charge in [-0.2, -0.15) is 17.5 Å². The van der Waals surface area contributed by atoms with Crippen LogP contribution in [-0.4, -0.2) is 49.8 Å². The predicted octanol–water partition coefficient (Wildman–Crippen LogP) is 4.26. The van der Waals surface area contributed by atoms with Crippen LogP contribution in [0.3, 0.4) is 0 Å². The first-order valence-corrected chi connectivity index (χ1v) is 13.1. The second kappa shape index (κ2) is 10.1. The third-order valence-electron chi connectivity index (χ3n) is 5.40. The second-order valence-corrected chi connectivity index (χ2v) is 11.5. The van der Waals surface area contributed by atoms with E-state index < -0.39 is 21.8 Å². The number of carbonyl (C=O) groups excluding carboxylic acids is 1. The number of amides is 1. The average molecular weight is 545 g/mol. The smallest absolute Gasteiger partial charge is 0.354 e. The molecule has 7 nitrogen and oxygen atoms in total. The highest BCUT2D eigenvalue weighted by Gasteiger charge is 2.33. The molecule has 35 heavy (non-hydrogen) atoms. The lowest BCUT2D eigenvalue weighted by Crippen LogP contribution is -2.48. The molecule has 1 aliphatic heterocycles.